The van der Waals surface area contributed by atoms with E-state index in [1.54, 1.807) is 37.4 Å². The Hall–Kier alpha value is -4.48. The highest BCUT2D eigenvalue weighted by Crippen LogP contribution is 2.37. The fourth-order valence-corrected chi connectivity index (χ4v) is 4.42. The van der Waals surface area contributed by atoms with Crippen LogP contribution in [0.5, 0.6) is 5.75 Å². The van der Waals surface area contributed by atoms with E-state index in [2.05, 4.69) is 35.8 Å². The number of hydrogen-bond donors (Lipinski definition) is 3. The van der Waals surface area contributed by atoms with Crippen molar-refractivity contribution in [3.05, 3.63) is 48.7 Å². The van der Waals surface area contributed by atoms with Crippen molar-refractivity contribution in [1.29, 1.82) is 0 Å². The van der Waals surface area contributed by atoms with Gasteiger partial charge in [-0.3, -0.25) is 14.2 Å². The Bertz CT molecular complexity index is 1370. The van der Waals surface area contributed by atoms with E-state index in [0.29, 0.717) is 34.8 Å². The molecule has 1 aliphatic carbocycles. The molecular weight excluding hydrogens is 460 g/mol. The van der Waals surface area contributed by atoms with E-state index in [9.17, 15) is 4.79 Å². The highest BCUT2D eigenvalue weighted by molar-refractivity contribution is 5.98. The first kappa shape index (κ1) is 23.3. The highest BCUT2D eigenvalue weighted by atomic mass is 16.5. The van der Waals surface area contributed by atoms with Gasteiger partial charge < -0.3 is 21.1 Å². The molecule has 0 atom stereocenters. The van der Waals surface area contributed by atoms with Crippen LogP contribution in [0.2, 0.25) is 0 Å². The summed E-state index contributed by atoms with van der Waals surface area (Å²) in [7, 11) is 3.34. The summed E-state index contributed by atoms with van der Waals surface area (Å²) in [5.74, 6) is 0.890. The minimum Gasteiger partial charge on any atom is -0.494 e. The molecule has 0 aliphatic heterocycles. The smallest absolute Gasteiger partial charge is 0.254 e. The molecule has 36 heavy (non-hydrogen) atoms. The second kappa shape index (κ2) is 10.0. The number of nitrogens with one attached hydrogen (secondary N) is 2. The third-order valence-electron chi connectivity index (χ3n) is 6.17. The molecule has 1 amide bonds. The van der Waals surface area contributed by atoms with Gasteiger partial charge in [0.1, 0.15) is 17.7 Å². The molecule has 0 bridgehead atoms. The molecule has 0 unspecified atom stereocenters. The number of carbonyl (C=O) groups is 1. The Labute approximate surface area is 207 Å². The fourth-order valence-electron chi connectivity index (χ4n) is 4.42. The standard InChI is InChI=1S/C24H28N10O2/c1-33-14-27-22(32-33)17-9-6-10-19(20(17)36-2)30-23-18(21(25)35)12-26-24(31-23)29-15-11-28-34(13-15)16-7-4-3-5-8-16/h6,9-14,16H,3-5,7-8H2,1-2H3,(H2,25,35)(H2,26,29,30,31). The monoisotopic (exact) mass is 488 g/mol. The minimum atomic E-state index is -0.657. The summed E-state index contributed by atoms with van der Waals surface area (Å²) >= 11 is 0. The first-order chi connectivity index (χ1) is 17.5. The van der Waals surface area contributed by atoms with Crippen LogP contribution in [-0.2, 0) is 7.05 Å². The van der Waals surface area contributed by atoms with E-state index < -0.39 is 5.91 Å². The summed E-state index contributed by atoms with van der Waals surface area (Å²) in [6.45, 7) is 0. The number of methoxy groups -OCH3 is 1. The molecule has 0 saturated heterocycles. The van der Waals surface area contributed by atoms with Gasteiger partial charge in [0.15, 0.2) is 11.6 Å². The molecule has 1 aromatic carbocycles. The lowest BCUT2D eigenvalue weighted by molar-refractivity contribution is 0.100. The van der Waals surface area contributed by atoms with Gasteiger partial charge in [-0.25, -0.2) is 9.97 Å². The van der Waals surface area contributed by atoms with Crippen LogP contribution in [0.4, 0.5) is 23.1 Å². The van der Waals surface area contributed by atoms with Gasteiger partial charge in [-0.05, 0) is 25.0 Å². The summed E-state index contributed by atoms with van der Waals surface area (Å²) in [4.78, 5) is 25.2. The van der Waals surface area contributed by atoms with Crippen LogP contribution >= 0.6 is 0 Å². The third-order valence-corrected chi connectivity index (χ3v) is 6.17. The van der Waals surface area contributed by atoms with E-state index in [4.69, 9.17) is 10.5 Å². The van der Waals surface area contributed by atoms with Crippen molar-refractivity contribution < 1.29 is 9.53 Å². The van der Waals surface area contributed by atoms with Crippen molar-refractivity contribution >= 4 is 29.0 Å². The lowest BCUT2D eigenvalue weighted by Crippen LogP contribution is -2.16. The Balaban J connectivity index is 1.43. The van der Waals surface area contributed by atoms with Gasteiger partial charge in [0.25, 0.3) is 5.91 Å². The Morgan fingerprint density at radius 2 is 1.97 bits per heavy atom. The number of anilines is 4. The molecule has 12 nitrogen and oxygen atoms in total. The van der Waals surface area contributed by atoms with Crippen molar-refractivity contribution in [1.82, 2.24) is 34.5 Å². The summed E-state index contributed by atoms with van der Waals surface area (Å²) < 4.78 is 9.27. The van der Waals surface area contributed by atoms with Crippen LogP contribution in [0.1, 0.15) is 48.5 Å². The van der Waals surface area contributed by atoms with Gasteiger partial charge in [-0.2, -0.15) is 15.2 Å². The average Bonchev–Trinajstić information content (AvgIpc) is 3.53. The molecule has 3 heterocycles. The number of primary amides is 1. The molecule has 12 heteroatoms. The first-order valence-electron chi connectivity index (χ1n) is 11.8. The van der Waals surface area contributed by atoms with Gasteiger partial charge in [0, 0.05) is 19.4 Å². The number of rotatable bonds is 8. The molecule has 1 aliphatic rings. The second-order valence-electron chi connectivity index (χ2n) is 8.70. The molecule has 0 radical (unpaired) electrons. The van der Waals surface area contributed by atoms with Crippen molar-refractivity contribution in [3.8, 4) is 17.1 Å². The molecular formula is C24H28N10O2. The van der Waals surface area contributed by atoms with E-state index in [-0.39, 0.29) is 11.4 Å². The largest absolute Gasteiger partial charge is 0.494 e. The van der Waals surface area contributed by atoms with Crippen LogP contribution in [0.25, 0.3) is 11.4 Å². The Morgan fingerprint density at radius 1 is 1.14 bits per heavy atom. The number of ether oxygens (including phenoxy) is 1. The molecule has 4 aromatic rings. The lowest BCUT2D eigenvalue weighted by atomic mass is 9.96. The molecule has 1 fully saturated rings. The fraction of sp³-hybridized carbons (Fsp3) is 0.333. The summed E-state index contributed by atoms with van der Waals surface area (Å²) in [5.41, 5.74) is 7.76. The van der Waals surface area contributed by atoms with E-state index >= 15 is 0 Å². The van der Waals surface area contributed by atoms with Crippen LogP contribution < -0.4 is 21.1 Å². The summed E-state index contributed by atoms with van der Waals surface area (Å²) in [6, 6.07) is 5.91. The number of nitrogens with two attached hydrogens (primary N) is 1. The maximum absolute atomic E-state index is 12.1. The normalized spacial score (nSPS) is 13.9. The van der Waals surface area contributed by atoms with E-state index in [0.717, 1.165) is 18.5 Å². The highest BCUT2D eigenvalue weighted by Gasteiger charge is 2.19. The average molecular weight is 489 g/mol. The van der Waals surface area contributed by atoms with Gasteiger partial charge in [0.2, 0.25) is 5.95 Å². The summed E-state index contributed by atoms with van der Waals surface area (Å²) in [6.07, 6.45) is 12.7. The number of aromatic nitrogens is 7. The van der Waals surface area contributed by atoms with Crippen LogP contribution in [-0.4, -0.2) is 47.5 Å². The third kappa shape index (κ3) is 4.83. The first-order valence-corrected chi connectivity index (χ1v) is 11.8. The predicted octanol–water partition coefficient (Wildman–Crippen LogP) is 3.57. The van der Waals surface area contributed by atoms with Gasteiger partial charge in [0.05, 0.1) is 36.3 Å². The van der Waals surface area contributed by atoms with Crippen molar-refractivity contribution in [2.24, 2.45) is 12.8 Å². The quantitative estimate of drug-likeness (QED) is 0.338. The maximum atomic E-state index is 12.1. The number of benzene rings is 1. The number of carbonyl (C=O) groups excluding carboxylic acids is 1. The number of para-hydroxylation sites is 1. The molecule has 0 spiro atoms. The van der Waals surface area contributed by atoms with Gasteiger partial charge in [-0.1, -0.05) is 25.3 Å². The second-order valence-corrected chi connectivity index (χ2v) is 8.70. The minimum absolute atomic E-state index is 0.141. The van der Waals surface area contributed by atoms with E-state index in [1.807, 2.05) is 23.0 Å². The predicted molar refractivity (Wildman–Crippen MR) is 134 cm³/mol. The number of aryl methyl sites for hydroxylation is 1. The number of amides is 1. The molecule has 4 N–H and O–H groups in total. The SMILES string of the molecule is COc1c(Nc2nc(Nc3cnn(C4CCCCC4)c3)ncc2C(N)=O)cccc1-c1ncn(C)n1. The van der Waals surface area contributed by atoms with Crippen LogP contribution in [0.15, 0.2) is 43.1 Å². The molecule has 186 valence electrons. The molecule has 5 rings (SSSR count). The van der Waals surface area contributed by atoms with Gasteiger partial charge in [-0.15, -0.1) is 0 Å². The zero-order valence-corrected chi connectivity index (χ0v) is 20.2. The van der Waals surface area contributed by atoms with Crippen LogP contribution in [0, 0.1) is 0 Å². The topological polar surface area (TPSA) is 151 Å². The lowest BCUT2D eigenvalue weighted by Gasteiger charge is -2.21. The zero-order chi connectivity index (χ0) is 25.1. The van der Waals surface area contributed by atoms with Crippen molar-refractivity contribution in [2.75, 3.05) is 17.7 Å². The maximum Gasteiger partial charge on any atom is 0.254 e. The summed E-state index contributed by atoms with van der Waals surface area (Å²) in [5, 5.41) is 15.2. The van der Waals surface area contributed by atoms with Crippen molar-refractivity contribution in [3.63, 3.8) is 0 Å². The van der Waals surface area contributed by atoms with E-state index in [1.165, 1.54) is 25.5 Å². The number of hydrogen-bond acceptors (Lipinski definition) is 9. The number of nitrogens with zero attached hydrogens (tertiary/aromatic N) is 7. The molecule has 3 aromatic heterocycles. The Kier molecular flexibility index (Phi) is 6.48. The molecule has 1 saturated carbocycles. The Morgan fingerprint density at radius 3 is 2.69 bits per heavy atom. The van der Waals surface area contributed by atoms with Crippen molar-refractivity contribution in [2.45, 2.75) is 38.1 Å². The van der Waals surface area contributed by atoms with Gasteiger partial charge >= 0.3 is 0 Å². The van der Waals surface area contributed by atoms with Crippen LogP contribution in [0.3, 0.4) is 0 Å². The zero-order valence-electron chi connectivity index (χ0n) is 20.2.